The zero-order valence-corrected chi connectivity index (χ0v) is 65.3. The van der Waals surface area contributed by atoms with Gasteiger partial charge >= 0.3 is 70.4 Å². The van der Waals surface area contributed by atoms with Crippen LogP contribution < -0.4 is 45.9 Å². The van der Waals surface area contributed by atoms with E-state index in [2.05, 4.69) is 0 Å². The third-order valence-electron chi connectivity index (χ3n) is 13.8. The molecule has 6 heterocycles. The molecule has 6 fully saturated rings. The molecule has 8 bridgehead atoms. The van der Waals surface area contributed by atoms with Crippen molar-refractivity contribution in [2.75, 3.05) is 144 Å². The molecule has 0 amide bonds. The van der Waals surface area contributed by atoms with E-state index >= 15 is 0 Å². The van der Waals surface area contributed by atoms with Gasteiger partial charge < -0.3 is 95.3 Å². The standard InChI is InChI=1S/C48H112N8O12S8Si8/c49-17-1-25-69-33-9-41-77-57-78(42-10-34-70-26-2-18-50)60-81(45-13-37-73-29-5-21-53)62-79(58-77,43-11-35-71-27-3-19-51)64-83(47-15-39-75-31-7-23-55)65-80(59-77,44-12-36-72-28-4-20-52)63-82(61-78,46-14-38-74-30-6-22-54)67-84(66-81,68-83)48-16-40-76-32-8-24-56/h1-56H2. The fourth-order valence-corrected chi connectivity index (χ4v) is 69.9. The van der Waals surface area contributed by atoms with Gasteiger partial charge in [-0.2, -0.15) is 94.1 Å². The molecule has 0 atom stereocenters. The molecule has 20 nitrogen and oxygen atoms in total. The lowest BCUT2D eigenvalue weighted by atomic mass is 10.5. The normalized spacial score (nSPS) is 30.0. The lowest BCUT2D eigenvalue weighted by Gasteiger charge is -2.63. The van der Waals surface area contributed by atoms with Crippen molar-refractivity contribution in [3.8, 4) is 0 Å². The molecular formula is C48H112N8O12S8Si8. The molecular weight excluding hydrogens is 1360 g/mol. The minimum atomic E-state index is -4.12. The minimum absolute atomic E-state index is 0.475. The van der Waals surface area contributed by atoms with Crippen LogP contribution in [0.4, 0.5) is 0 Å². The average molecular weight is 1470 g/mol. The van der Waals surface area contributed by atoms with E-state index in [0.717, 1.165) is 195 Å². The van der Waals surface area contributed by atoms with Crippen molar-refractivity contribution in [3.63, 3.8) is 0 Å². The number of nitrogens with two attached hydrogens (primary N) is 8. The van der Waals surface area contributed by atoms with E-state index in [4.69, 9.17) is 95.3 Å². The van der Waals surface area contributed by atoms with Crippen molar-refractivity contribution in [1.29, 1.82) is 0 Å². The SMILES string of the molecule is NCCCSCCC[Si]12O[Si]3(CCCSCCCN)O[Si]4(CCCSCCCN)O[Si](CCCSCCCN)(O1)O[Si]1(CCCSCCCN)O[Si](CCCSCCCN)(O2)O[Si](CCCSCCCN)(O3)O[Si](CCCSCCCN)(O4)O1. The lowest BCUT2D eigenvalue weighted by Crippen LogP contribution is -2.88. The Hall–Kier alpha value is 3.74. The summed E-state index contributed by atoms with van der Waals surface area (Å²) >= 11 is 15.2. The van der Waals surface area contributed by atoms with Crippen LogP contribution in [-0.4, -0.2) is 215 Å². The molecule has 0 radical (unpaired) electrons. The molecule has 0 aromatic rings. The smallest absolute Gasteiger partial charge is 0.373 e. The van der Waals surface area contributed by atoms with Crippen molar-refractivity contribution in [3.05, 3.63) is 0 Å². The third kappa shape index (κ3) is 28.2. The minimum Gasteiger partial charge on any atom is -0.373 e. The quantitative estimate of drug-likeness (QED) is 0.0215. The van der Waals surface area contributed by atoms with Gasteiger partial charge in [0.2, 0.25) is 0 Å². The first-order valence-electron chi connectivity index (χ1n) is 31.6. The van der Waals surface area contributed by atoms with Crippen LogP contribution in [0.15, 0.2) is 0 Å². The van der Waals surface area contributed by atoms with E-state index in [9.17, 15) is 0 Å². The second kappa shape index (κ2) is 44.5. The topological polar surface area (TPSA) is 319 Å². The number of hydrogen-bond donors (Lipinski definition) is 8. The Morgan fingerprint density at radius 1 is 0.155 bits per heavy atom. The molecule has 0 aliphatic carbocycles. The van der Waals surface area contributed by atoms with Crippen LogP contribution in [0.1, 0.15) is 103 Å². The Balaban J connectivity index is 1.84. The summed E-state index contributed by atoms with van der Waals surface area (Å²) in [5.74, 6) is 14.5. The first-order valence-corrected chi connectivity index (χ1v) is 56.3. The Kier molecular flexibility index (Phi) is 41.5. The van der Waals surface area contributed by atoms with Crippen LogP contribution in [0.25, 0.3) is 0 Å². The molecule has 0 saturated carbocycles. The summed E-state index contributed by atoms with van der Waals surface area (Å²) < 4.78 is 98.8. The molecule has 0 aromatic heterocycles. The van der Waals surface area contributed by atoms with Gasteiger partial charge in [-0.25, -0.2) is 0 Å². The molecule has 84 heavy (non-hydrogen) atoms. The summed E-state index contributed by atoms with van der Waals surface area (Å²) in [7, 11) is -32.9. The molecule has 16 N–H and O–H groups in total. The lowest BCUT2D eigenvalue weighted by molar-refractivity contribution is -0.0305. The molecule has 0 unspecified atom stereocenters. The summed E-state index contributed by atoms with van der Waals surface area (Å²) in [6, 6.07) is 3.80. The molecule has 6 aliphatic heterocycles. The molecule has 0 spiro atoms. The van der Waals surface area contributed by atoms with E-state index in [-0.39, 0.29) is 0 Å². The second-order valence-corrected chi connectivity index (χ2v) is 56.1. The van der Waals surface area contributed by atoms with Gasteiger partial charge in [0.1, 0.15) is 0 Å². The van der Waals surface area contributed by atoms with E-state index in [1.54, 1.807) is 0 Å². The first kappa shape index (κ1) is 78.4. The highest BCUT2D eigenvalue weighted by atomic mass is 32.2. The molecule has 36 heteroatoms. The van der Waals surface area contributed by atoms with Crippen molar-refractivity contribution < 1.29 is 49.4 Å². The predicted molar refractivity (Wildman–Crippen MR) is 382 cm³/mol. The zero-order chi connectivity index (χ0) is 60.1. The van der Waals surface area contributed by atoms with E-state index < -0.39 is 70.4 Å². The largest absolute Gasteiger partial charge is 0.478 e. The van der Waals surface area contributed by atoms with Gasteiger partial charge in [-0.3, -0.25) is 0 Å². The molecule has 496 valence electrons. The van der Waals surface area contributed by atoms with Crippen LogP contribution in [-0.2, 0) is 49.4 Å². The molecule has 6 aliphatic rings. The summed E-state index contributed by atoms with van der Waals surface area (Å²) in [5, 5.41) is 0. The number of hydrogen-bond acceptors (Lipinski definition) is 28. The Morgan fingerprint density at radius 3 is 0.345 bits per heavy atom. The fourth-order valence-electron chi connectivity index (χ4n) is 9.99. The highest BCUT2D eigenvalue weighted by Crippen LogP contribution is 2.55. The van der Waals surface area contributed by atoms with Crippen LogP contribution in [0.2, 0.25) is 48.4 Å². The number of thioether (sulfide) groups is 8. The maximum atomic E-state index is 8.24. The van der Waals surface area contributed by atoms with Crippen molar-refractivity contribution in [1.82, 2.24) is 0 Å². The maximum absolute atomic E-state index is 8.24. The molecule has 0 aromatic carbocycles. The van der Waals surface area contributed by atoms with Gasteiger partial charge in [-0.05, 0) is 247 Å². The molecule has 6 saturated heterocycles. The summed E-state index contributed by atoms with van der Waals surface area (Å²) in [6.45, 7) is 5.17. The third-order valence-corrected chi connectivity index (χ3v) is 60.7. The Bertz CT molecular complexity index is 1310. The summed E-state index contributed by atoms with van der Waals surface area (Å²) in [4.78, 5) is 0. The zero-order valence-electron chi connectivity index (χ0n) is 50.7. The van der Waals surface area contributed by atoms with Crippen LogP contribution in [0.3, 0.4) is 0 Å². The highest BCUT2D eigenvalue weighted by Gasteiger charge is 2.82. The number of rotatable bonds is 56. The first-order chi connectivity index (χ1) is 41.0. The van der Waals surface area contributed by atoms with E-state index in [0.29, 0.717) is 101 Å². The van der Waals surface area contributed by atoms with Gasteiger partial charge in [0.25, 0.3) is 0 Å². The van der Waals surface area contributed by atoms with Crippen LogP contribution >= 0.6 is 94.1 Å². The summed E-state index contributed by atoms with van der Waals surface area (Å²) in [6.07, 6.45) is 13.5. The maximum Gasteiger partial charge on any atom is 0.478 e. The van der Waals surface area contributed by atoms with Crippen molar-refractivity contribution in [2.45, 2.75) is 151 Å². The van der Waals surface area contributed by atoms with Gasteiger partial charge in [0.05, 0.1) is 0 Å². The van der Waals surface area contributed by atoms with Crippen molar-refractivity contribution in [2.24, 2.45) is 45.9 Å². The van der Waals surface area contributed by atoms with Gasteiger partial charge in [0.15, 0.2) is 0 Å². The van der Waals surface area contributed by atoms with Gasteiger partial charge in [0, 0.05) is 48.4 Å². The van der Waals surface area contributed by atoms with Crippen molar-refractivity contribution >= 4 is 165 Å². The average Bonchev–Trinajstić information content (AvgIpc) is 1.15. The van der Waals surface area contributed by atoms with E-state index in [1.807, 2.05) is 94.1 Å². The second-order valence-electron chi connectivity index (χ2n) is 21.6. The molecule has 6 rings (SSSR count). The summed E-state index contributed by atoms with van der Waals surface area (Å²) in [5.41, 5.74) is 48.2. The monoisotopic (exact) mass is 1470 g/mol. The highest BCUT2D eigenvalue weighted by molar-refractivity contribution is 8.00. The van der Waals surface area contributed by atoms with Gasteiger partial charge in [-0.15, -0.1) is 0 Å². The fraction of sp³-hybridized carbons (Fsp3) is 1.00. The Labute approximate surface area is 550 Å². The van der Waals surface area contributed by atoms with E-state index in [1.165, 1.54) is 0 Å². The predicted octanol–water partition coefficient (Wildman–Crippen LogP) is 7.54. The Morgan fingerprint density at radius 2 is 0.250 bits per heavy atom. The van der Waals surface area contributed by atoms with Gasteiger partial charge in [-0.1, -0.05) is 0 Å². The van der Waals surface area contributed by atoms with Crippen LogP contribution in [0, 0.1) is 0 Å². The van der Waals surface area contributed by atoms with Crippen LogP contribution in [0.5, 0.6) is 0 Å².